The van der Waals surface area contributed by atoms with Gasteiger partial charge in [-0.15, -0.1) is 0 Å². The minimum absolute atomic E-state index is 0.266. The van der Waals surface area contributed by atoms with Gasteiger partial charge in [0.1, 0.15) is 0 Å². The lowest BCUT2D eigenvalue weighted by Gasteiger charge is -2.09. The van der Waals surface area contributed by atoms with E-state index in [1.807, 2.05) is 6.07 Å². The molecule has 7 nitrogen and oxygen atoms in total. The molecule has 28 heavy (non-hydrogen) atoms. The summed E-state index contributed by atoms with van der Waals surface area (Å²) in [7, 11) is 1.47. The number of hydrogen-bond donors (Lipinski definition) is 1. The normalized spacial score (nSPS) is 10.5. The molecule has 0 aliphatic rings. The zero-order chi connectivity index (χ0) is 19.8. The number of carbonyl (C=O) groups excluding carboxylic acids is 2. The van der Waals surface area contributed by atoms with Crippen molar-refractivity contribution in [2.24, 2.45) is 5.10 Å². The number of esters is 1. The summed E-state index contributed by atoms with van der Waals surface area (Å²) in [5, 5.41) is 3.94. The van der Waals surface area contributed by atoms with Crippen molar-refractivity contribution < 1.29 is 19.1 Å². The van der Waals surface area contributed by atoms with Crippen LogP contribution in [0, 0.1) is 0 Å². The molecule has 1 amide bonds. The number of nitrogens with one attached hydrogen (secondary N) is 1. The van der Waals surface area contributed by atoms with Gasteiger partial charge in [-0.1, -0.05) is 18.2 Å². The lowest BCUT2D eigenvalue weighted by atomic mass is 10.2. The molecule has 0 atom stereocenters. The van der Waals surface area contributed by atoms with Gasteiger partial charge in [0, 0.05) is 18.0 Å². The van der Waals surface area contributed by atoms with Crippen molar-refractivity contribution in [3.05, 3.63) is 89.7 Å². The van der Waals surface area contributed by atoms with Crippen LogP contribution in [-0.2, 0) is 0 Å². The Morgan fingerprint density at radius 2 is 1.79 bits per heavy atom. The number of rotatable bonds is 6. The zero-order valence-corrected chi connectivity index (χ0v) is 15.0. The number of methoxy groups -OCH3 is 1. The Kier molecular flexibility index (Phi) is 6.10. The minimum atomic E-state index is -0.539. The molecule has 0 fully saturated rings. The molecule has 2 aromatic carbocycles. The fourth-order valence-corrected chi connectivity index (χ4v) is 2.31. The van der Waals surface area contributed by atoms with Gasteiger partial charge in [0.2, 0.25) is 0 Å². The Morgan fingerprint density at radius 3 is 2.50 bits per heavy atom. The van der Waals surface area contributed by atoms with Gasteiger partial charge >= 0.3 is 5.97 Å². The van der Waals surface area contributed by atoms with Crippen molar-refractivity contribution >= 4 is 18.1 Å². The molecule has 1 aromatic heterocycles. The zero-order valence-electron chi connectivity index (χ0n) is 15.0. The van der Waals surface area contributed by atoms with Gasteiger partial charge in [0.25, 0.3) is 5.91 Å². The summed E-state index contributed by atoms with van der Waals surface area (Å²) >= 11 is 0. The van der Waals surface area contributed by atoms with E-state index in [0.717, 1.165) is 0 Å². The molecule has 0 aliphatic carbocycles. The van der Waals surface area contributed by atoms with Gasteiger partial charge in [0.15, 0.2) is 11.5 Å². The summed E-state index contributed by atoms with van der Waals surface area (Å²) in [6.45, 7) is 0. The van der Waals surface area contributed by atoms with Gasteiger partial charge in [-0.05, 0) is 48.0 Å². The first-order valence-corrected chi connectivity index (χ1v) is 8.36. The van der Waals surface area contributed by atoms with Crippen LogP contribution in [0.15, 0.2) is 78.2 Å². The van der Waals surface area contributed by atoms with E-state index < -0.39 is 5.97 Å². The predicted molar refractivity (Wildman–Crippen MR) is 104 cm³/mol. The molecular weight excluding hydrogens is 358 g/mol. The van der Waals surface area contributed by atoms with E-state index in [1.165, 1.54) is 19.5 Å². The summed E-state index contributed by atoms with van der Waals surface area (Å²) in [4.78, 5) is 28.0. The molecule has 3 aromatic rings. The molecule has 1 N–H and O–H groups in total. The van der Waals surface area contributed by atoms with Crippen molar-refractivity contribution in [1.29, 1.82) is 0 Å². The van der Waals surface area contributed by atoms with Crippen molar-refractivity contribution in [2.75, 3.05) is 7.11 Å². The third-order valence-electron chi connectivity index (χ3n) is 3.70. The molecule has 0 aliphatic heterocycles. The number of hydrazone groups is 1. The van der Waals surface area contributed by atoms with Crippen molar-refractivity contribution in [3.63, 3.8) is 0 Å². The van der Waals surface area contributed by atoms with E-state index in [1.54, 1.807) is 60.8 Å². The summed E-state index contributed by atoms with van der Waals surface area (Å²) < 4.78 is 10.6. The molecule has 0 radical (unpaired) electrons. The van der Waals surface area contributed by atoms with Crippen LogP contribution in [0.2, 0.25) is 0 Å². The van der Waals surface area contributed by atoms with Gasteiger partial charge in [-0.25, -0.2) is 10.2 Å². The van der Waals surface area contributed by atoms with E-state index in [2.05, 4.69) is 15.5 Å². The molecule has 7 heteroatoms. The first kappa shape index (κ1) is 18.8. The number of amides is 1. The average molecular weight is 375 g/mol. The van der Waals surface area contributed by atoms with E-state index in [-0.39, 0.29) is 11.7 Å². The Labute approximate surface area is 161 Å². The highest BCUT2D eigenvalue weighted by atomic mass is 16.6. The topological polar surface area (TPSA) is 89.9 Å². The van der Waals surface area contributed by atoms with Gasteiger partial charge in [0.05, 0.1) is 18.9 Å². The molecule has 0 saturated heterocycles. The third-order valence-corrected chi connectivity index (χ3v) is 3.70. The average Bonchev–Trinajstić information content (AvgIpc) is 2.75. The number of benzene rings is 2. The maximum absolute atomic E-state index is 12.2. The summed E-state index contributed by atoms with van der Waals surface area (Å²) in [6.07, 6.45) is 4.46. The van der Waals surface area contributed by atoms with Crippen LogP contribution in [0.1, 0.15) is 26.3 Å². The minimum Gasteiger partial charge on any atom is -0.493 e. The van der Waals surface area contributed by atoms with Crippen LogP contribution in [0.4, 0.5) is 0 Å². The number of pyridine rings is 1. The molecular formula is C21H17N3O4. The highest BCUT2D eigenvalue weighted by molar-refractivity contribution is 5.95. The molecule has 3 rings (SSSR count). The Morgan fingerprint density at radius 1 is 1.00 bits per heavy atom. The Hall–Kier alpha value is -4.00. The van der Waals surface area contributed by atoms with Gasteiger partial charge in [-0.2, -0.15) is 5.10 Å². The third kappa shape index (κ3) is 4.79. The maximum atomic E-state index is 12.2. The smallest absolute Gasteiger partial charge is 0.345 e. The van der Waals surface area contributed by atoms with E-state index in [9.17, 15) is 9.59 Å². The summed E-state index contributed by atoms with van der Waals surface area (Å²) in [5.41, 5.74) is 3.95. The molecule has 0 bridgehead atoms. The maximum Gasteiger partial charge on any atom is 0.345 e. The predicted octanol–water partition coefficient (Wildman–Crippen LogP) is 3.07. The lowest BCUT2D eigenvalue weighted by molar-refractivity contribution is 0.0729. The number of hydrogen-bond acceptors (Lipinski definition) is 6. The Bertz CT molecular complexity index is 989. The first-order chi connectivity index (χ1) is 13.7. The number of carbonyl (C=O) groups is 2. The highest BCUT2D eigenvalue weighted by Gasteiger charge is 2.12. The van der Waals surface area contributed by atoms with Crippen LogP contribution >= 0.6 is 0 Å². The largest absolute Gasteiger partial charge is 0.493 e. The molecule has 140 valence electrons. The lowest BCUT2D eigenvalue weighted by Crippen LogP contribution is -2.17. The number of aromatic nitrogens is 1. The Balaban J connectivity index is 1.67. The summed E-state index contributed by atoms with van der Waals surface area (Å²) in [6, 6.07) is 16.9. The second-order valence-electron chi connectivity index (χ2n) is 5.61. The van der Waals surface area contributed by atoms with Crippen molar-refractivity contribution in [3.8, 4) is 11.5 Å². The van der Waals surface area contributed by atoms with Crippen molar-refractivity contribution in [2.45, 2.75) is 0 Å². The van der Waals surface area contributed by atoms with E-state index >= 15 is 0 Å². The summed E-state index contributed by atoms with van der Waals surface area (Å²) in [5.74, 6) is -0.230. The molecule has 0 spiro atoms. The van der Waals surface area contributed by atoms with Crippen molar-refractivity contribution in [1.82, 2.24) is 10.4 Å². The fraction of sp³-hybridized carbons (Fsp3) is 0.0476. The van der Waals surface area contributed by atoms with Crippen LogP contribution in [0.3, 0.4) is 0 Å². The highest BCUT2D eigenvalue weighted by Crippen LogP contribution is 2.28. The second kappa shape index (κ2) is 9.09. The number of ether oxygens (including phenoxy) is 2. The molecule has 1 heterocycles. The van der Waals surface area contributed by atoms with E-state index in [0.29, 0.717) is 22.4 Å². The van der Waals surface area contributed by atoms with Gasteiger partial charge < -0.3 is 9.47 Å². The number of nitrogens with zero attached hydrogens (tertiary/aromatic N) is 2. The quantitative estimate of drug-likeness (QED) is 0.309. The van der Waals surface area contributed by atoms with Crippen LogP contribution in [0.5, 0.6) is 11.5 Å². The fourth-order valence-electron chi connectivity index (χ4n) is 2.31. The SMILES string of the molecule is COc1cc(/C=N/NC(=O)c2ccccc2)ccc1OC(=O)c1cccnc1. The molecule has 0 saturated carbocycles. The van der Waals surface area contributed by atoms with E-state index in [4.69, 9.17) is 9.47 Å². The second-order valence-corrected chi connectivity index (χ2v) is 5.61. The van der Waals surface area contributed by atoms with Crippen LogP contribution in [0.25, 0.3) is 0 Å². The first-order valence-electron chi connectivity index (χ1n) is 8.36. The van der Waals surface area contributed by atoms with Crippen LogP contribution < -0.4 is 14.9 Å². The standard InChI is InChI=1S/C21H17N3O4/c1-27-19-12-15(13-23-24-20(25)16-6-3-2-4-7-16)9-10-18(19)28-21(26)17-8-5-11-22-14-17/h2-14H,1H3,(H,24,25)/b23-13+. The monoisotopic (exact) mass is 375 g/mol. The molecule has 0 unspecified atom stereocenters. The van der Waals surface area contributed by atoms with Crippen LogP contribution in [-0.4, -0.2) is 30.2 Å². The van der Waals surface area contributed by atoms with Gasteiger partial charge in [-0.3, -0.25) is 9.78 Å².